The number of hydrogen-bond donors (Lipinski definition) is 1. The van der Waals surface area contributed by atoms with E-state index >= 15 is 0 Å². The zero-order valence-electron chi connectivity index (χ0n) is 17.1. The Morgan fingerprint density at radius 3 is 2.29 bits per heavy atom. The number of nitriles is 1. The summed E-state index contributed by atoms with van der Waals surface area (Å²) in [4.78, 5) is -0.336. The highest BCUT2D eigenvalue weighted by Gasteiger charge is 2.25. The van der Waals surface area contributed by atoms with E-state index in [9.17, 15) is 18.1 Å². The molecule has 1 N–H and O–H groups in total. The van der Waals surface area contributed by atoms with E-state index in [1.807, 2.05) is 38.1 Å². The Balaban J connectivity index is 2.06. The average molecular weight is 453 g/mol. The Morgan fingerprint density at radius 1 is 1.00 bits per heavy atom. The highest BCUT2D eigenvalue weighted by atomic mass is 32.2. The lowest BCUT2D eigenvalue weighted by molar-refractivity contribution is 0.603. The molecule has 158 valence electrons. The van der Waals surface area contributed by atoms with Gasteiger partial charge in [0.25, 0.3) is 0 Å². The molecule has 0 spiro atoms. The van der Waals surface area contributed by atoms with E-state index in [2.05, 4.69) is 5.32 Å². The summed E-state index contributed by atoms with van der Waals surface area (Å²) in [5.74, 6) is -0.0799. The Hall–Kier alpha value is -3.08. The van der Waals surface area contributed by atoms with Crippen molar-refractivity contribution in [1.29, 1.82) is 5.26 Å². The molecular formula is C24H21FN2O2S2. The molecule has 0 saturated carbocycles. The summed E-state index contributed by atoms with van der Waals surface area (Å²) < 4.78 is 40.0. The molecular weight excluding hydrogens is 431 g/mol. The number of thioether (sulfide) groups is 1. The van der Waals surface area contributed by atoms with Crippen molar-refractivity contribution in [2.24, 2.45) is 0 Å². The molecule has 0 saturated heterocycles. The van der Waals surface area contributed by atoms with Crippen LogP contribution in [0.5, 0.6) is 0 Å². The quantitative estimate of drug-likeness (QED) is 0.448. The molecule has 0 fully saturated rings. The van der Waals surface area contributed by atoms with Gasteiger partial charge in [0.15, 0.2) is 4.91 Å². The number of nitrogens with zero attached hydrogens (tertiary/aromatic N) is 1. The van der Waals surface area contributed by atoms with Gasteiger partial charge in [0.1, 0.15) is 16.9 Å². The molecule has 0 heterocycles. The van der Waals surface area contributed by atoms with Gasteiger partial charge < -0.3 is 5.32 Å². The second-order valence-electron chi connectivity index (χ2n) is 7.01. The molecule has 0 aliphatic rings. The Labute approximate surface area is 186 Å². The van der Waals surface area contributed by atoms with Gasteiger partial charge in [-0.1, -0.05) is 36.4 Å². The molecule has 4 nitrogen and oxygen atoms in total. The molecule has 0 aromatic heterocycles. The lowest BCUT2D eigenvalue weighted by atomic mass is 10.1. The summed E-state index contributed by atoms with van der Waals surface area (Å²) in [6.45, 7) is 3.88. The molecule has 0 atom stereocenters. The van der Waals surface area contributed by atoms with Crippen molar-refractivity contribution in [3.63, 3.8) is 0 Å². The topological polar surface area (TPSA) is 70.0 Å². The van der Waals surface area contributed by atoms with Crippen LogP contribution in [0.25, 0.3) is 0 Å². The van der Waals surface area contributed by atoms with Crippen LogP contribution < -0.4 is 5.32 Å². The molecule has 3 aromatic carbocycles. The summed E-state index contributed by atoms with van der Waals surface area (Å²) in [6, 6.07) is 21.5. The largest absolute Gasteiger partial charge is 0.349 e. The van der Waals surface area contributed by atoms with Crippen LogP contribution in [0, 0.1) is 31.0 Å². The average Bonchev–Trinajstić information content (AvgIpc) is 2.72. The minimum Gasteiger partial charge on any atom is -0.349 e. The Morgan fingerprint density at radius 2 is 1.68 bits per heavy atom. The Bertz CT molecular complexity index is 1240. The van der Waals surface area contributed by atoms with E-state index in [1.165, 1.54) is 24.3 Å². The number of rotatable bonds is 7. The fraction of sp³-hybridized carbons (Fsp3) is 0.125. The third-order valence-corrected chi connectivity index (χ3v) is 7.31. The number of hydrogen-bond acceptors (Lipinski definition) is 5. The Kier molecular flexibility index (Phi) is 7.16. The molecule has 0 amide bonds. The van der Waals surface area contributed by atoms with Crippen molar-refractivity contribution in [3.05, 3.63) is 105 Å². The molecule has 0 bridgehead atoms. The maximum Gasteiger partial charge on any atom is 0.219 e. The predicted octanol–water partition coefficient (Wildman–Crippen LogP) is 5.95. The summed E-state index contributed by atoms with van der Waals surface area (Å²) in [6.07, 6.45) is 0. The number of allylic oxidation sites excluding steroid dienone is 1. The molecule has 0 aliphatic carbocycles. The van der Waals surface area contributed by atoms with Crippen molar-refractivity contribution < 1.29 is 12.8 Å². The van der Waals surface area contributed by atoms with Gasteiger partial charge >= 0.3 is 0 Å². The van der Waals surface area contributed by atoms with Crippen LogP contribution in [0.1, 0.15) is 16.7 Å². The lowest BCUT2D eigenvalue weighted by Crippen LogP contribution is -2.10. The number of sulfone groups is 1. The smallest absolute Gasteiger partial charge is 0.219 e. The van der Waals surface area contributed by atoms with E-state index < -0.39 is 9.84 Å². The molecule has 31 heavy (non-hydrogen) atoms. The molecule has 0 radical (unpaired) electrons. The van der Waals surface area contributed by atoms with Crippen LogP contribution in [0.3, 0.4) is 0 Å². The monoisotopic (exact) mass is 452 g/mol. The van der Waals surface area contributed by atoms with Gasteiger partial charge in [-0.2, -0.15) is 5.26 Å². The normalized spacial score (nSPS) is 12.1. The van der Waals surface area contributed by atoms with Gasteiger partial charge in [-0.3, -0.25) is 0 Å². The molecule has 7 heteroatoms. The lowest BCUT2D eigenvalue weighted by Gasteiger charge is -2.15. The van der Waals surface area contributed by atoms with Crippen LogP contribution in [-0.2, 0) is 15.6 Å². The molecule has 3 aromatic rings. The van der Waals surface area contributed by atoms with Crippen molar-refractivity contribution in [2.75, 3.05) is 5.32 Å². The molecule has 0 unspecified atom stereocenters. The minimum atomic E-state index is -4.04. The van der Waals surface area contributed by atoms with Crippen LogP contribution in [-0.4, -0.2) is 8.42 Å². The highest BCUT2D eigenvalue weighted by molar-refractivity contribution is 8.04. The molecule has 3 rings (SSSR count). The van der Waals surface area contributed by atoms with Gasteiger partial charge in [0.05, 0.1) is 4.90 Å². The van der Waals surface area contributed by atoms with Crippen LogP contribution >= 0.6 is 11.8 Å². The zero-order valence-corrected chi connectivity index (χ0v) is 18.7. The van der Waals surface area contributed by atoms with Crippen molar-refractivity contribution in [1.82, 2.24) is 0 Å². The van der Waals surface area contributed by atoms with E-state index in [0.29, 0.717) is 17.0 Å². The second kappa shape index (κ2) is 9.82. The maximum atomic E-state index is 13.6. The summed E-state index contributed by atoms with van der Waals surface area (Å²) in [5.41, 5.74) is 3.36. The standard InChI is InChI=1S/C24H21FN2O2S2/c1-17-11-18(2)13-21(12-17)27-24(30-16-19-7-6-8-20(25)14-19)23(15-26)31(28,29)22-9-4-3-5-10-22/h3-14,27H,16H2,1-2H3. The third kappa shape index (κ3) is 5.75. The van der Waals surface area contributed by atoms with Crippen molar-refractivity contribution in [3.8, 4) is 6.07 Å². The van der Waals surface area contributed by atoms with Crippen LogP contribution in [0.2, 0.25) is 0 Å². The van der Waals surface area contributed by atoms with Gasteiger partial charge in [-0.25, -0.2) is 12.8 Å². The maximum absolute atomic E-state index is 13.6. The van der Waals surface area contributed by atoms with Gasteiger partial charge in [0, 0.05) is 11.4 Å². The first kappa shape index (κ1) is 22.6. The number of anilines is 1. The number of aryl methyl sites for hydroxylation is 2. The minimum absolute atomic E-state index is 0.0395. The zero-order chi connectivity index (χ0) is 22.4. The van der Waals surface area contributed by atoms with E-state index in [-0.39, 0.29) is 20.6 Å². The number of nitrogens with one attached hydrogen (secondary N) is 1. The van der Waals surface area contributed by atoms with E-state index in [0.717, 1.165) is 22.9 Å². The van der Waals surface area contributed by atoms with Gasteiger partial charge in [0.2, 0.25) is 9.84 Å². The van der Waals surface area contributed by atoms with Crippen molar-refractivity contribution in [2.45, 2.75) is 24.5 Å². The summed E-state index contributed by atoms with van der Waals surface area (Å²) >= 11 is 1.14. The van der Waals surface area contributed by atoms with Crippen LogP contribution in [0.15, 0.2) is 87.6 Å². The van der Waals surface area contributed by atoms with E-state index in [1.54, 1.807) is 30.3 Å². The first-order valence-electron chi connectivity index (χ1n) is 9.46. The molecule has 0 aliphatic heterocycles. The number of halogens is 1. The highest BCUT2D eigenvalue weighted by Crippen LogP contribution is 2.32. The second-order valence-corrected chi connectivity index (χ2v) is 9.88. The predicted molar refractivity (Wildman–Crippen MR) is 124 cm³/mol. The van der Waals surface area contributed by atoms with E-state index in [4.69, 9.17) is 0 Å². The number of benzene rings is 3. The van der Waals surface area contributed by atoms with Crippen LogP contribution in [0.4, 0.5) is 10.1 Å². The summed E-state index contributed by atoms with van der Waals surface area (Å²) in [5, 5.41) is 13.1. The summed E-state index contributed by atoms with van der Waals surface area (Å²) in [7, 11) is -4.04. The van der Waals surface area contributed by atoms with Gasteiger partial charge in [-0.05, 0) is 66.9 Å². The van der Waals surface area contributed by atoms with Crippen molar-refractivity contribution >= 4 is 27.3 Å². The first-order valence-corrected chi connectivity index (χ1v) is 11.9. The third-order valence-electron chi connectivity index (χ3n) is 4.38. The van der Waals surface area contributed by atoms with Gasteiger partial charge in [-0.15, -0.1) is 11.8 Å². The fourth-order valence-electron chi connectivity index (χ4n) is 3.07. The first-order chi connectivity index (χ1) is 14.8. The SMILES string of the molecule is Cc1cc(C)cc(NC(SCc2cccc(F)c2)=C(C#N)S(=O)(=O)c2ccccc2)c1. The fourth-order valence-corrected chi connectivity index (χ4v) is 5.60.